The Labute approximate surface area is 199 Å². The number of nitrogens with one attached hydrogen (secondary N) is 2. The number of likely N-dealkylation sites (tertiary alicyclic amines) is 1. The summed E-state index contributed by atoms with van der Waals surface area (Å²) in [5, 5.41) is 6.42. The minimum atomic E-state index is -0.673. The first kappa shape index (κ1) is 24.7. The Morgan fingerprint density at radius 1 is 1.03 bits per heavy atom. The molecule has 33 heavy (non-hydrogen) atoms. The predicted octanol–water partition coefficient (Wildman–Crippen LogP) is 3.14. The average molecular weight is 472 g/mol. The maximum atomic E-state index is 13.0. The first-order valence-corrected chi connectivity index (χ1v) is 11.5. The lowest BCUT2D eigenvalue weighted by atomic mass is 9.88. The van der Waals surface area contributed by atoms with Crippen LogP contribution in [-0.2, 0) is 9.53 Å². The molecular weight excluding hydrogens is 442 g/mol. The maximum Gasteiger partial charge on any atom is 0.253 e. The zero-order chi connectivity index (χ0) is 23.6. The van der Waals surface area contributed by atoms with Crippen molar-refractivity contribution in [3.63, 3.8) is 0 Å². The topological polar surface area (TPSA) is 87.7 Å². The molecule has 1 aliphatic rings. The molecule has 1 heterocycles. The highest BCUT2D eigenvalue weighted by Crippen LogP contribution is 2.23. The fraction of sp³-hybridized carbons (Fsp3) is 0.400. The fourth-order valence-corrected chi connectivity index (χ4v) is 4.09. The van der Waals surface area contributed by atoms with Crippen molar-refractivity contribution in [2.45, 2.75) is 25.3 Å². The van der Waals surface area contributed by atoms with Crippen molar-refractivity contribution in [1.82, 2.24) is 15.5 Å². The molecule has 0 bridgehead atoms. The molecule has 2 N–H and O–H groups in total. The Morgan fingerprint density at radius 2 is 1.70 bits per heavy atom. The van der Waals surface area contributed by atoms with Gasteiger partial charge in [-0.05, 0) is 61.6 Å². The number of rotatable bonds is 9. The minimum absolute atomic E-state index is 0.0565. The standard InChI is InChI=1S/C25H30ClN3O4/c1-33-17-5-14-27-24(31)22(28-23(30)19-6-3-2-4-7-19)18-12-15-29(16-13-18)25(32)20-8-10-21(26)11-9-20/h2-4,6-11,18,22H,5,12-17H2,1H3,(H,27,31)(H,28,30). The quantitative estimate of drug-likeness (QED) is 0.550. The number of nitrogens with zero attached hydrogens (tertiary/aromatic N) is 1. The molecule has 1 fully saturated rings. The number of methoxy groups -OCH3 is 1. The van der Waals surface area contributed by atoms with Crippen molar-refractivity contribution in [1.29, 1.82) is 0 Å². The molecule has 0 saturated carbocycles. The van der Waals surface area contributed by atoms with Gasteiger partial charge in [0.15, 0.2) is 0 Å². The number of halogens is 1. The van der Waals surface area contributed by atoms with Crippen molar-refractivity contribution in [2.75, 3.05) is 33.4 Å². The van der Waals surface area contributed by atoms with Gasteiger partial charge in [0.2, 0.25) is 5.91 Å². The Balaban J connectivity index is 1.64. The predicted molar refractivity (Wildman–Crippen MR) is 127 cm³/mol. The second-order valence-corrected chi connectivity index (χ2v) is 8.53. The largest absolute Gasteiger partial charge is 0.385 e. The van der Waals surface area contributed by atoms with Gasteiger partial charge in [-0.25, -0.2) is 0 Å². The Kier molecular flexibility index (Phi) is 9.27. The molecule has 0 aromatic heterocycles. The molecule has 176 valence electrons. The molecule has 1 atom stereocenters. The molecule has 2 aromatic carbocycles. The van der Waals surface area contributed by atoms with E-state index in [1.807, 2.05) is 6.07 Å². The molecule has 1 aliphatic heterocycles. The summed E-state index contributed by atoms with van der Waals surface area (Å²) >= 11 is 5.92. The number of carbonyl (C=O) groups excluding carboxylic acids is 3. The van der Waals surface area contributed by atoms with E-state index in [-0.39, 0.29) is 23.6 Å². The molecule has 7 nitrogen and oxygen atoms in total. The van der Waals surface area contributed by atoms with Crippen LogP contribution in [0.2, 0.25) is 5.02 Å². The summed E-state index contributed by atoms with van der Waals surface area (Å²) in [4.78, 5) is 40.4. The molecule has 0 radical (unpaired) electrons. The van der Waals surface area contributed by atoms with Crippen molar-refractivity contribution in [3.8, 4) is 0 Å². The Morgan fingerprint density at radius 3 is 2.33 bits per heavy atom. The van der Waals surface area contributed by atoms with E-state index >= 15 is 0 Å². The number of piperidine rings is 1. The van der Waals surface area contributed by atoms with E-state index in [2.05, 4.69) is 10.6 Å². The maximum absolute atomic E-state index is 13.0. The number of ether oxygens (including phenoxy) is 1. The number of amides is 3. The fourth-order valence-electron chi connectivity index (χ4n) is 3.96. The Bertz CT molecular complexity index is 928. The van der Waals surface area contributed by atoms with E-state index in [1.165, 1.54) is 0 Å². The third-order valence-electron chi connectivity index (χ3n) is 5.82. The Hall–Kier alpha value is -2.90. The van der Waals surface area contributed by atoms with Crippen LogP contribution in [-0.4, -0.2) is 62.0 Å². The van der Waals surface area contributed by atoms with Gasteiger partial charge in [0, 0.05) is 49.5 Å². The van der Waals surface area contributed by atoms with Gasteiger partial charge in [-0.1, -0.05) is 29.8 Å². The van der Waals surface area contributed by atoms with E-state index < -0.39 is 6.04 Å². The summed E-state index contributed by atoms with van der Waals surface area (Å²) in [7, 11) is 1.61. The van der Waals surface area contributed by atoms with Gasteiger partial charge in [-0.15, -0.1) is 0 Å². The molecule has 1 unspecified atom stereocenters. The summed E-state index contributed by atoms with van der Waals surface area (Å²) < 4.78 is 5.03. The van der Waals surface area contributed by atoms with Crippen LogP contribution in [0.5, 0.6) is 0 Å². The molecule has 3 rings (SSSR count). The second kappa shape index (κ2) is 12.4. The SMILES string of the molecule is COCCCNC(=O)C(NC(=O)c1ccccc1)C1CCN(C(=O)c2ccc(Cl)cc2)CC1. The van der Waals surface area contributed by atoms with E-state index in [4.69, 9.17) is 16.3 Å². The lowest BCUT2D eigenvalue weighted by Crippen LogP contribution is -2.54. The summed E-state index contributed by atoms with van der Waals surface area (Å²) in [6, 6.07) is 15.0. The van der Waals surface area contributed by atoms with Crippen molar-refractivity contribution in [2.24, 2.45) is 5.92 Å². The number of benzene rings is 2. The molecule has 0 aliphatic carbocycles. The molecule has 3 amide bonds. The van der Waals surface area contributed by atoms with Gasteiger partial charge < -0.3 is 20.3 Å². The summed E-state index contributed by atoms with van der Waals surface area (Å²) in [5.74, 6) is -0.626. The molecule has 1 saturated heterocycles. The van der Waals surface area contributed by atoms with Crippen LogP contribution >= 0.6 is 11.6 Å². The van der Waals surface area contributed by atoms with Crippen LogP contribution in [0.15, 0.2) is 54.6 Å². The third-order valence-corrected chi connectivity index (χ3v) is 6.07. The first-order valence-electron chi connectivity index (χ1n) is 11.2. The van der Waals surface area contributed by atoms with Gasteiger partial charge in [-0.2, -0.15) is 0 Å². The lowest BCUT2D eigenvalue weighted by molar-refractivity contribution is -0.124. The normalized spacial score (nSPS) is 15.0. The van der Waals surface area contributed by atoms with E-state index in [1.54, 1.807) is 60.5 Å². The summed E-state index contributed by atoms with van der Waals surface area (Å²) in [6.45, 7) is 2.05. The van der Waals surface area contributed by atoms with Gasteiger partial charge in [0.1, 0.15) is 6.04 Å². The zero-order valence-electron chi connectivity index (χ0n) is 18.8. The van der Waals surface area contributed by atoms with Crippen LogP contribution in [0.25, 0.3) is 0 Å². The van der Waals surface area contributed by atoms with Crippen molar-refractivity contribution in [3.05, 3.63) is 70.7 Å². The lowest BCUT2D eigenvalue weighted by Gasteiger charge is -2.36. The van der Waals surface area contributed by atoms with Crippen LogP contribution < -0.4 is 10.6 Å². The van der Waals surface area contributed by atoms with Crippen LogP contribution in [0.3, 0.4) is 0 Å². The second-order valence-electron chi connectivity index (χ2n) is 8.09. The van der Waals surface area contributed by atoms with E-state index in [9.17, 15) is 14.4 Å². The monoisotopic (exact) mass is 471 g/mol. The highest BCUT2D eigenvalue weighted by molar-refractivity contribution is 6.30. The van der Waals surface area contributed by atoms with Crippen molar-refractivity contribution < 1.29 is 19.1 Å². The van der Waals surface area contributed by atoms with Crippen LogP contribution in [0.4, 0.5) is 0 Å². The molecule has 8 heteroatoms. The number of carbonyl (C=O) groups is 3. The highest BCUT2D eigenvalue weighted by atomic mass is 35.5. The minimum Gasteiger partial charge on any atom is -0.385 e. The van der Waals surface area contributed by atoms with E-state index in [0.29, 0.717) is 61.7 Å². The van der Waals surface area contributed by atoms with Crippen molar-refractivity contribution >= 4 is 29.3 Å². The highest BCUT2D eigenvalue weighted by Gasteiger charge is 2.34. The first-order chi connectivity index (χ1) is 16.0. The van der Waals surface area contributed by atoms with Crippen LogP contribution in [0, 0.1) is 5.92 Å². The molecule has 0 spiro atoms. The van der Waals surface area contributed by atoms with Crippen LogP contribution in [0.1, 0.15) is 40.0 Å². The average Bonchev–Trinajstić information content (AvgIpc) is 2.85. The van der Waals surface area contributed by atoms with Gasteiger partial charge in [0.05, 0.1) is 0 Å². The smallest absolute Gasteiger partial charge is 0.253 e. The summed E-state index contributed by atoms with van der Waals surface area (Å²) in [6.07, 6.45) is 1.92. The number of hydrogen-bond donors (Lipinski definition) is 2. The van der Waals surface area contributed by atoms with Gasteiger partial charge in [0.25, 0.3) is 11.8 Å². The third kappa shape index (κ3) is 7.04. The van der Waals surface area contributed by atoms with Gasteiger partial charge in [-0.3, -0.25) is 14.4 Å². The summed E-state index contributed by atoms with van der Waals surface area (Å²) in [5.41, 5.74) is 1.09. The zero-order valence-corrected chi connectivity index (χ0v) is 19.5. The molecular formula is C25H30ClN3O4. The number of hydrogen-bond acceptors (Lipinski definition) is 4. The van der Waals surface area contributed by atoms with E-state index in [0.717, 1.165) is 0 Å². The molecule has 2 aromatic rings. The van der Waals surface area contributed by atoms with Gasteiger partial charge >= 0.3 is 0 Å².